The highest BCUT2D eigenvalue weighted by Crippen LogP contribution is 2.22. The lowest BCUT2D eigenvalue weighted by atomic mass is 10.1. The summed E-state index contributed by atoms with van der Waals surface area (Å²) in [5.41, 5.74) is 5.71. The average molecular weight is 403 g/mol. The zero-order chi connectivity index (χ0) is 20.8. The van der Waals surface area contributed by atoms with E-state index in [1.807, 2.05) is 53.3 Å². The van der Waals surface area contributed by atoms with Crippen LogP contribution in [0, 0.1) is 0 Å². The Kier molecular flexibility index (Phi) is 6.32. The molecule has 2 aromatic carbocycles. The van der Waals surface area contributed by atoms with Crippen molar-refractivity contribution in [2.24, 2.45) is 0 Å². The molecule has 1 fully saturated rings. The molecule has 0 aliphatic carbocycles. The first-order chi connectivity index (χ1) is 14.7. The van der Waals surface area contributed by atoms with Gasteiger partial charge in [-0.25, -0.2) is 5.48 Å². The molecule has 1 amide bonds. The third-order valence-electron chi connectivity index (χ3n) is 5.41. The molecule has 7 heteroatoms. The minimum absolute atomic E-state index is 0.433. The number of carbonyl (C=O) groups excluding carboxylic acids is 1. The van der Waals surface area contributed by atoms with Crippen molar-refractivity contribution in [2.75, 3.05) is 6.54 Å². The van der Waals surface area contributed by atoms with Crippen molar-refractivity contribution < 1.29 is 10.0 Å². The number of rotatable bonds is 7. The largest absolute Gasteiger partial charge is 0.294 e. The smallest absolute Gasteiger partial charge is 0.267 e. The maximum Gasteiger partial charge on any atom is 0.267 e. The van der Waals surface area contributed by atoms with E-state index >= 15 is 0 Å². The predicted molar refractivity (Wildman–Crippen MR) is 114 cm³/mol. The fourth-order valence-corrected chi connectivity index (χ4v) is 3.83. The van der Waals surface area contributed by atoms with Crippen LogP contribution in [0.3, 0.4) is 0 Å². The maximum absolute atomic E-state index is 11.1. The monoisotopic (exact) mass is 403 g/mol. The van der Waals surface area contributed by atoms with Crippen LogP contribution in [0.4, 0.5) is 0 Å². The summed E-state index contributed by atoms with van der Waals surface area (Å²) in [6.07, 6.45) is 7.32. The van der Waals surface area contributed by atoms with Crippen LogP contribution in [0.25, 0.3) is 17.3 Å². The number of nitrogens with zero attached hydrogens (tertiary/aromatic N) is 4. The van der Waals surface area contributed by atoms with Gasteiger partial charge >= 0.3 is 0 Å². The summed E-state index contributed by atoms with van der Waals surface area (Å²) in [5, 5.41) is 17.2. The van der Waals surface area contributed by atoms with E-state index in [0.29, 0.717) is 6.04 Å². The first-order valence-electron chi connectivity index (χ1n) is 10.1. The molecule has 1 aromatic heterocycles. The lowest BCUT2D eigenvalue weighted by molar-refractivity contribution is -0.124. The number of aromatic nitrogens is 3. The third kappa shape index (κ3) is 5.00. The summed E-state index contributed by atoms with van der Waals surface area (Å²) in [6.45, 7) is 2.78. The molecule has 0 saturated carbocycles. The summed E-state index contributed by atoms with van der Waals surface area (Å²) >= 11 is 0. The Morgan fingerprint density at radius 3 is 2.73 bits per heavy atom. The third-order valence-corrected chi connectivity index (χ3v) is 5.41. The van der Waals surface area contributed by atoms with Crippen LogP contribution in [0.5, 0.6) is 0 Å². The fraction of sp³-hybridized carbons (Fsp3) is 0.261. The lowest BCUT2D eigenvalue weighted by Gasteiger charge is -2.24. The Balaban J connectivity index is 1.37. The molecular weight excluding hydrogens is 378 g/mol. The molecule has 154 valence electrons. The van der Waals surface area contributed by atoms with Crippen LogP contribution in [0.1, 0.15) is 24.0 Å². The first kappa shape index (κ1) is 20.0. The van der Waals surface area contributed by atoms with E-state index in [-0.39, 0.29) is 0 Å². The zero-order valence-corrected chi connectivity index (χ0v) is 16.7. The van der Waals surface area contributed by atoms with E-state index in [0.717, 1.165) is 42.9 Å². The number of hydroxylamine groups is 1. The summed E-state index contributed by atoms with van der Waals surface area (Å²) in [5.74, 6) is -0.539. The topological polar surface area (TPSA) is 83.3 Å². The summed E-state index contributed by atoms with van der Waals surface area (Å²) < 4.78 is 1.95. The normalized spacial score (nSPS) is 16.9. The molecule has 1 atom stereocenters. The van der Waals surface area contributed by atoms with Crippen molar-refractivity contribution in [3.05, 3.63) is 78.0 Å². The van der Waals surface area contributed by atoms with Crippen molar-refractivity contribution in [1.29, 1.82) is 0 Å². The minimum Gasteiger partial charge on any atom is -0.294 e. The minimum atomic E-state index is -0.539. The van der Waals surface area contributed by atoms with Crippen LogP contribution in [-0.4, -0.2) is 43.6 Å². The summed E-state index contributed by atoms with van der Waals surface area (Å²) in [7, 11) is 0. The highest BCUT2D eigenvalue weighted by atomic mass is 16.5. The van der Waals surface area contributed by atoms with Crippen molar-refractivity contribution in [2.45, 2.75) is 32.0 Å². The van der Waals surface area contributed by atoms with Gasteiger partial charge in [-0.2, -0.15) is 0 Å². The standard InChI is InChI=1S/C23H25N5O2/c29-23(25-30)13-12-18-8-10-19(11-9-18)15-27-14-4-7-21(27)16-28-17-22(24-26-28)20-5-2-1-3-6-20/h1-3,5-6,8-13,17,21,30H,4,7,14-16H2,(H,25,29)/b13-12+. The number of nitrogens with one attached hydrogen (secondary N) is 1. The second-order valence-electron chi connectivity index (χ2n) is 7.51. The van der Waals surface area contributed by atoms with Crippen LogP contribution in [0.2, 0.25) is 0 Å². The molecule has 2 heterocycles. The highest BCUT2D eigenvalue weighted by Gasteiger charge is 2.25. The SMILES string of the molecule is O=C(/C=C/c1ccc(CN2CCCC2Cn2cc(-c3ccccc3)nn2)cc1)NO. The Bertz CT molecular complexity index is 998. The Morgan fingerprint density at radius 1 is 1.17 bits per heavy atom. The van der Waals surface area contributed by atoms with Gasteiger partial charge < -0.3 is 0 Å². The lowest BCUT2D eigenvalue weighted by Crippen LogP contribution is -2.32. The van der Waals surface area contributed by atoms with E-state index in [4.69, 9.17) is 5.21 Å². The van der Waals surface area contributed by atoms with Crippen LogP contribution in [-0.2, 0) is 17.9 Å². The molecule has 7 nitrogen and oxygen atoms in total. The van der Waals surface area contributed by atoms with E-state index in [2.05, 4.69) is 27.3 Å². The summed E-state index contributed by atoms with van der Waals surface area (Å²) in [6, 6.07) is 18.7. The average Bonchev–Trinajstić information content (AvgIpc) is 3.44. The van der Waals surface area contributed by atoms with Crippen molar-refractivity contribution in [1.82, 2.24) is 25.4 Å². The van der Waals surface area contributed by atoms with Gasteiger partial charge in [-0.1, -0.05) is 59.8 Å². The second kappa shape index (κ2) is 9.47. The van der Waals surface area contributed by atoms with Gasteiger partial charge in [0.25, 0.3) is 5.91 Å². The number of amides is 1. The van der Waals surface area contributed by atoms with Gasteiger partial charge in [0.1, 0.15) is 5.69 Å². The molecular formula is C23H25N5O2. The van der Waals surface area contributed by atoms with Crippen LogP contribution in [0.15, 0.2) is 66.9 Å². The quantitative estimate of drug-likeness (QED) is 0.360. The van der Waals surface area contributed by atoms with Crippen molar-refractivity contribution in [3.63, 3.8) is 0 Å². The molecule has 4 rings (SSSR count). The van der Waals surface area contributed by atoms with Crippen molar-refractivity contribution in [3.8, 4) is 11.3 Å². The van der Waals surface area contributed by atoms with E-state index in [1.165, 1.54) is 18.1 Å². The Hall–Kier alpha value is -3.29. The molecule has 0 spiro atoms. The van der Waals surface area contributed by atoms with E-state index < -0.39 is 5.91 Å². The van der Waals surface area contributed by atoms with Gasteiger partial charge in [0.15, 0.2) is 0 Å². The van der Waals surface area contributed by atoms with Gasteiger partial charge in [-0.15, -0.1) is 5.10 Å². The van der Waals surface area contributed by atoms with Crippen LogP contribution >= 0.6 is 0 Å². The number of benzene rings is 2. The summed E-state index contributed by atoms with van der Waals surface area (Å²) in [4.78, 5) is 13.6. The van der Waals surface area contributed by atoms with Gasteiger partial charge in [0.05, 0.1) is 12.7 Å². The first-order valence-corrected chi connectivity index (χ1v) is 10.1. The van der Waals surface area contributed by atoms with Crippen LogP contribution < -0.4 is 5.48 Å². The Morgan fingerprint density at radius 2 is 1.97 bits per heavy atom. The number of hydrogen-bond donors (Lipinski definition) is 2. The maximum atomic E-state index is 11.1. The second-order valence-corrected chi connectivity index (χ2v) is 7.51. The number of carbonyl (C=O) groups is 1. The van der Waals surface area contributed by atoms with Crippen molar-refractivity contribution >= 4 is 12.0 Å². The Labute approximate surface area is 175 Å². The number of likely N-dealkylation sites (tertiary alicyclic amines) is 1. The molecule has 3 aromatic rings. The van der Waals surface area contributed by atoms with Gasteiger partial charge in [-0.05, 0) is 36.6 Å². The molecule has 30 heavy (non-hydrogen) atoms. The molecule has 1 unspecified atom stereocenters. The molecule has 0 radical (unpaired) electrons. The zero-order valence-electron chi connectivity index (χ0n) is 16.7. The molecule has 1 aliphatic rings. The molecule has 1 saturated heterocycles. The van der Waals surface area contributed by atoms with Gasteiger partial charge in [0, 0.05) is 24.2 Å². The molecule has 0 bridgehead atoms. The van der Waals surface area contributed by atoms with E-state index in [9.17, 15) is 4.79 Å². The highest BCUT2D eigenvalue weighted by molar-refractivity contribution is 5.90. The molecule has 2 N–H and O–H groups in total. The van der Waals surface area contributed by atoms with Gasteiger partial charge in [0.2, 0.25) is 0 Å². The predicted octanol–water partition coefficient (Wildman–Crippen LogP) is 3.13. The number of hydrogen-bond acceptors (Lipinski definition) is 5. The van der Waals surface area contributed by atoms with E-state index in [1.54, 1.807) is 11.6 Å². The fourth-order valence-electron chi connectivity index (χ4n) is 3.83. The molecule has 1 aliphatic heterocycles. The van der Waals surface area contributed by atoms with Gasteiger partial charge in [-0.3, -0.25) is 19.6 Å².